The molecule has 0 radical (unpaired) electrons. The molecule has 42 valence electrons. The highest BCUT2D eigenvalue weighted by Crippen LogP contribution is 1.81. The maximum Gasteiger partial charge on any atom is 0.0587 e. The van der Waals surface area contributed by atoms with Crippen molar-refractivity contribution in [3.8, 4) is 6.07 Å². The molecule has 0 amide bonds. The lowest BCUT2D eigenvalue weighted by Crippen LogP contribution is -1.54. The molecule has 0 spiro atoms. The minimum atomic E-state index is 1.29. The van der Waals surface area contributed by atoms with Crippen LogP contribution in [-0.2, 0) is 0 Å². The van der Waals surface area contributed by atoms with E-state index < -0.39 is 0 Å². The van der Waals surface area contributed by atoms with Crippen molar-refractivity contribution in [2.45, 2.75) is 20.3 Å². The third-order valence-corrected chi connectivity index (χ3v) is 1.27. The molecule has 0 aromatic carbocycles. The Labute approximate surface area is 58.9 Å². The first kappa shape index (κ1) is 10.3. The van der Waals surface area contributed by atoms with E-state index in [0.717, 1.165) is 0 Å². The van der Waals surface area contributed by atoms with E-state index in [1.807, 2.05) is 0 Å². The fourth-order valence-corrected chi connectivity index (χ4v) is 0. The summed E-state index contributed by atoms with van der Waals surface area (Å²) < 4.78 is 1.29. The number of nitrogens with zero attached hydrogens (tertiary/aromatic N) is 1. The number of alkyl halides is 1. The van der Waals surface area contributed by atoms with Crippen LogP contribution in [0.2, 0.25) is 0 Å². The van der Waals surface area contributed by atoms with E-state index in [0.29, 0.717) is 0 Å². The summed E-state index contributed by atoms with van der Waals surface area (Å²) in [6.07, 6.45) is 1.31. The number of nitriles is 1. The molecule has 0 saturated carbocycles. The quantitative estimate of drug-likeness (QED) is 0.482. The lowest BCUT2D eigenvalue weighted by molar-refractivity contribution is 1.13. The Balaban J connectivity index is 0. The highest BCUT2D eigenvalue weighted by molar-refractivity contribution is 14.1. The SMILES string of the molecule is CC#N.CCCI. The van der Waals surface area contributed by atoms with Crippen molar-refractivity contribution in [2.75, 3.05) is 4.43 Å². The van der Waals surface area contributed by atoms with Gasteiger partial charge in [-0.3, -0.25) is 0 Å². The Morgan fingerprint density at radius 1 is 1.71 bits per heavy atom. The highest BCUT2D eigenvalue weighted by atomic mass is 127. The summed E-state index contributed by atoms with van der Waals surface area (Å²) in [6, 6.07) is 1.75. The molecule has 0 fully saturated rings. The van der Waals surface area contributed by atoms with Gasteiger partial charge in [-0.05, 0) is 10.8 Å². The van der Waals surface area contributed by atoms with E-state index in [1.54, 1.807) is 6.07 Å². The van der Waals surface area contributed by atoms with Crippen LogP contribution >= 0.6 is 22.6 Å². The van der Waals surface area contributed by atoms with Gasteiger partial charge in [0.2, 0.25) is 0 Å². The molecule has 0 atom stereocenters. The van der Waals surface area contributed by atoms with Gasteiger partial charge in [0.15, 0.2) is 0 Å². The molecule has 0 N–H and O–H groups in total. The van der Waals surface area contributed by atoms with Gasteiger partial charge in [0, 0.05) is 6.92 Å². The van der Waals surface area contributed by atoms with Crippen LogP contribution in [0.1, 0.15) is 20.3 Å². The summed E-state index contributed by atoms with van der Waals surface area (Å²) >= 11 is 2.35. The second-order valence-electron chi connectivity index (χ2n) is 0.913. The van der Waals surface area contributed by atoms with E-state index in [9.17, 15) is 0 Å². The first-order valence-corrected chi connectivity index (χ1v) is 3.72. The molecule has 0 aliphatic rings. The van der Waals surface area contributed by atoms with Crippen molar-refractivity contribution in [2.24, 2.45) is 0 Å². The summed E-state index contributed by atoms with van der Waals surface area (Å²) in [5.74, 6) is 0. The molecular weight excluding hydrogens is 201 g/mol. The summed E-state index contributed by atoms with van der Waals surface area (Å²) in [7, 11) is 0. The monoisotopic (exact) mass is 211 g/mol. The van der Waals surface area contributed by atoms with E-state index in [1.165, 1.54) is 17.8 Å². The lowest BCUT2D eigenvalue weighted by atomic mass is 10.6. The van der Waals surface area contributed by atoms with Crippen molar-refractivity contribution in [3.05, 3.63) is 0 Å². The number of rotatable bonds is 1. The van der Waals surface area contributed by atoms with Gasteiger partial charge in [-0.2, -0.15) is 5.26 Å². The third kappa shape index (κ3) is 74.4. The summed E-state index contributed by atoms with van der Waals surface area (Å²) in [5, 5.41) is 7.32. The molecule has 0 aromatic rings. The molecule has 0 bridgehead atoms. The van der Waals surface area contributed by atoms with Crippen LogP contribution < -0.4 is 0 Å². The number of halogens is 1. The average molecular weight is 211 g/mol. The lowest BCUT2D eigenvalue weighted by Gasteiger charge is -1.66. The Kier molecular flexibility index (Phi) is 23.9. The van der Waals surface area contributed by atoms with Gasteiger partial charge >= 0.3 is 0 Å². The van der Waals surface area contributed by atoms with Crippen molar-refractivity contribution in [3.63, 3.8) is 0 Å². The molecule has 2 heteroatoms. The molecule has 0 unspecified atom stereocenters. The second-order valence-corrected chi connectivity index (χ2v) is 1.99. The Hall–Kier alpha value is 0.220. The van der Waals surface area contributed by atoms with Crippen molar-refractivity contribution < 1.29 is 0 Å². The van der Waals surface area contributed by atoms with Gasteiger partial charge in [0.1, 0.15) is 0 Å². The molecular formula is C5H10IN. The second kappa shape index (κ2) is 16.3. The maximum absolute atomic E-state index is 7.32. The van der Waals surface area contributed by atoms with Crippen molar-refractivity contribution in [1.82, 2.24) is 0 Å². The molecule has 0 aromatic heterocycles. The van der Waals surface area contributed by atoms with Crippen LogP contribution in [0.4, 0.5) is 0 Å². The van der Waals surface area contributed by atoms with Crippen LogP contribution in [0, 0.1) is 11.3 Å². The molecule has 0 rings (SSSR count). The number of hydrogen-bond acceptors (Lipinski definition) is 1. The molecule has 0 aliphatic heterocycles. The van der Waals surface area contributed by atoms with Gasteiger partial charge in [0.25, 0.3) is 0 Å². The Bertz CT molecular complexity index is 44.5. The van der Waals surface area contributed by atoms with E-state index in [2.05, 4.69) is 29.5 Å². The van der Waals surface area contributed by atoms with Crippen molar-refractivity contribution in [1.29, 1.82) is 5.26 Å². The number of hydrogen-bond donors (Lipinski definition) is 0. The van der Waals surface area contributed by atoms with E-state index in [-0.39, 0.29) is 0 Å². The minimum Gasteiger partial charge on any atom is -0.199 e. The smallest absolute Gasteiger partial charge is 0.0587 e. The summed E-state index contributed by atoms with van der Waals surface area (Å²) in [6.45, 7) is 3.60. The summed E-state index contributed by atoms with van der Waals surface area (Å²) in [4.78, 5) is 0. The van der Waals surface area contributed by atoms with Gasteiger partial charge in [-0.1, -0.05) is 29.5 Å². The van der Waals surface area contributed by atoms with Gasteiger partial charge in [-0.15, -0.1) is 0 Å². The average Bonchev–Trinajstić information content (AvgIpc) is 1.69. The van der Waals surface area contributed by atoms with E-state index in [4.69, 9.17) is 5.26 Å². The predicted octanol–water partition coefficient (Wildman–Crippen LogP) is 2.36. The molecule has 1 nitrogen and oxygen atoms in total. The molecule has 0 aliphatic carbocycles. The van der Waals surface area contributed by atoms with Crippen LogP contribution in [-0.4, -0.2) is 4.43 Å². The largest absolute Gasteiger partial charge is 0.199 e. The van der Waals surface area contributed by atoms with Crippen LogP contribution in [0.5, 0.6) is 0 Å². The fourth-order valence-electron chi connectivity index (χ4n) is 0. The first-order chi connectivity index (χ1) is 3.33. The normalized spacial score (nSPS) is 5.43. The zero-order valence-electron chi connectivity index (χ0n) is 4.74. The van der Waals surface area contributed by atoms with Crippen LogP contribution in [0.3, 0.4) is 0 Å². The maximum atomic E-state index is 7.32. The van der Waals surface area contributed by atoms with Gasteiger partial charge < -0.3 is 0 Å². The Morgan fingerprint density at radius 2 is 1.86 bits per heavy atom. The predicted molar refractivity (Wildman–Crippen MR) is 40.5 cm³/mol. The molecule has 7 heavy (non-hydrogen) atoms. The standard InChI is InChI=1S/C3H7I.C2H3N/c1-2-3-4;1-2-3/h2-3H2,1H3;1H3. The first-order valence-electron chi connectivity index (χ1n) is 2.20. The molecule has 0 saturated heterocycles. The fraction of sp³-hybridized carbons (Fsp3) is 0.800. The Morgan fingerprint density at radius 3 is 1.86 bits per heavy atom. The van der Waals surface area contributed by atoms with E-state index >= 15 is 0 Å². The van der Waals surface area contributed by atoms with Gasteiger partial charge in [0.05, 0.1) is 6.07 Å². The van der Waals surface area contributed by atoms with Crippen LogP contribution in [0.25, 0.3) is 0 Å². The van der Waals surface area contributed by atoms with Gasteiger partial charge in [-0.25, -0.2) is 0 Å². The zero-order valence-corrected chi connectivity index (χ0v) is 6.90. The minimum absolute atomic E-state index is 1.29. The zero-order chi connectivity index (χ0) is 6.12. The third-order valence-electron chi connectivity index (χ3n) is 0.189. The van der Waals surface area contributed by atoms with Crippen molar-refractivity contribution >= 4 is 22.6 Å². The summed E-state index contributed by atoms with van der Waals surface area (Å²) in [5.41, 5.74) is 0. The molecule has 0 heterocycles. The highest BCUT2D eigenvalue weighted by Gasteiger charge is 1.58. The topological polar surface area (TPSA) is 23.8 Å². The van der Waals surface area contributed by atoms with Crippen LogP contribution in [0.15, 0.2) is 0 Å².